The van der Waals surface area contributed by atoms with Crippen LogP contribution < -0.4 is 0 Å². The van der Waals surface area contributed by atoms with Gasteiger partial charge in [-0.1, -0.05) is 23.8 Å². The van der Waals surface area contributed by atoms with Crippen molar-refractivity contribution in [2.75, 3.05) is 0 Å². The van der Waals surface area contributed by atoms with Gasteiger partial charge in [0.05, 0.1) is 10.4 Å². The molecule has 2 aromatic heterocycles. The van der Waals surface area contributed by atoms with Crippen LogP contribution in [0.5, 0.6) is 5.88 Å². The lowest BCUT2D eigenvalue weighted by Crippen LogP contribution is -1.87. The van der Waals surface area contributed by atoms with E-state index in [1.807, 2.05) is 25.1 Å². The Morgan fingerprint density at radius 1 is 1.11 bits per heavy atom. The van der Waals surface area contributed by atoms with Gasteiger partial charge in [0, 0.05) is 10.3 Å². The van der Waals surface area contributed by atoms with Gasteiger partial charge in [0.2, 0.25) is 5.88 Å². The van der Waals surface area contributed by atoms with Gasteiger partial charge in [-0.25, -0.2) is 4.39 Å². The number of hydrogen-bond acceptors (Lipinski definition) is 4. The number of H-pyrrole nitrogens is 1. The Bertz CT molecular complexity index is 1180. The number of aromatic amines is 1. The molecule has 0 aliphatic rings. The highest BCUT2D eigenvalue weighted by Crippen LogP contribution is 2.36. The summed E-state index contributed by atoms with van der Waals surface area (Å²) in [6.07, 6.45) is 0. The Morgan fingerprint density at radius 2 is 1.89 bits per heavy atom. The summed E-state index contributed by atoms with van der Waals surface area (Å²) >= 11 is 1.25. The first-order valence-corrected chi connectivity index (χ1v) is 8.96. The number of benzene rings is 2. The van der Waals surface area contributed by atoms with Crippen LogP contribution in [0.3, 0.4) is 0 Å². The van der Waals surface area contributed by atoms with Gasteiger partial charge in [-0.15, -0.1) is 21.6 Å². The zero-order chi connectivity index (χ0) is 19.0. The molecular weight excluding hydrogens is 365 g/mol. The Morgan fingerprint density at radius 3 is 2.67 bits per heavy atom. The number of nitrogens with zero attached hydrogens (tertiary/aromatic N) is 2. The number of halogens is 1. The normalized spacial score (nSPS) is 11.5. The molecule has 4 rings (SSSR count). The Balaban J connectivity index is 1.60. The SMILES string of the molecule is Cc1ccc2[nH]c(O)c(N=NC(=O)c3ccc(-c4ccc(F)cc4)s3)c2c1. The predicted octanol–water partition coefficient (Wildman–Crippen LogP) is 5.97. The van der Waals surface area contributed by atoms with E-state index in [0.717, 1.165) is 16.0 Å². The first kappa shape index (κ1) is 17.1. The van der Waals surface area contributed by atoms with Crippen molar-refractivity contribution in [2.45, 2.75) is 6.92 Å². The molecule has 0 unspecified atom stereocenters. The van der Waals surface area contributed by atoms with Crippen LogP contribution in [0.15, 0.2) is 64.8 Å². The molecule has 7 heteroatoms. The van der Waals surface area contributed by atoms with Crippen LogP contribution in [0.2, 0.25) is 0 Å². The molecule has 0 radical (unpaired) electrons. The van der Waals surface area contributed by atoms with Crippen LogP contribution in [0.4, 0.5) is 10.1 Å². The number of azo groups is 1. The van der Waals surface area contributed by atoms with Gasteiger partial charge in [0.25, 0.3) is 0 Å². The molecule has 2 heterocycles. The van der Waals surface area contributed by atoms with Gasteiger partial charge in [-0.05, 0) is 48.9 Å². The number of aromatic nitrogens is 1. The highest BCUT2D eigenvalue weighted by Gasteiger charge is 2.13. The maximum atomic E-state index is 13.0. The Labute approximate surface area is 157 Å². The van der Waals surface area contributed by atoms with Crippen molar-refractivity contribution >= 4 is 33.8 Å². The van der Waals surface area contributed by atoms with Crippen molar-refractivity contribution in [1.82, 2.24) is 4.98 Å². The topological polar surface area (TPSA) is 77.8 Å². The van der Waals surface area contributed by atoms with E-state index in [1.165, 1.54) is 23.5 Å². The van der Waals surface area contributed by atoms with Gasteiger partial charge < -0.3 is 10.1 Å². The second-order valence-electron chi connectivity index (χ2n) is 6.05. The summed E-state index contributed by atoms with van der Waals surface area (Å²) in [4.78, 5) is 16.4. The van der Waals surface area contributed by atoms with Crippen LogP contribution in [-0.4, -0.2) is 16.0 Å². The fourth-order valence-corrected chi connectivity index (χ4v) is 3.64. The lowest BCUT2D eigenvalue weighted by Gasteiger charge is -1.96. The first-order chi connectivity index (χ1) is 13.0. The zero-order valence-electron chi connectivity index (χ0n) is 14.2. The van der Waals surface area contributed by atoms with E-state index in [0.29, 0.717) is 15.8 Å². The number of rotatable bonds is 3. The summed E-state index contributed by atoms with van der Waals surface area (Å²) < 4.78 is 13.0. The van der Waals surface area contributed by atoms with E-state index in [1.54, 1.807) is 24.3 Å². The number of fused-ring (bicyclic) bond motifs is 1. The molecule has 0 saturated heterocycles. The molecule has 4 aromatic rings. The average Bonchev–Trinajstić information content (AvgIpc) is 3.25. The molecule has 2 aromatic carbocycles. The second kappa shape index (κ2) is 6.77. The molecule has 2 N–H and O–H groups in total. The minimum absolute atomic E-state index is 0.134. The summed E-state index contributed by atoms with van der Waals surface area (Å²) in [7, 11) is 0. The number of carbonyl (C=O) groups is 1. The minimum Gasteiger partial charge on any atom is -0.493 e. The van der Waals surface area contributed by atoms with E-state index in [4.69, 9.17) is 0 Å². The lowest BCUT2D eigenvalue weighted by molar-refractivity contribution is 0.0999. The average molecular weight is 379 g/mol. The molecule has 0 aliphatic heterocycles. The molecule has 1 amide bonds. The Kier molecular flexibility index (Phi) is 4.29. The zero-order valence-corrected chi connectivity index (χ0v) is 15.0. The van der Waals surface area contributed by atoms with Gasteiger partial charge in [-0.3, -0.25) is 4.79 Å². The van der Waals surface area contributed by atoms with Crippen molar-refractivity contribution in [1.29, 1.82) is 0 Å². The van der Waals surface area contributed by atoms with Gasteiger partial charge in [-0.2, -0.15) is 0 Å². The van der Waals surface area contributed by atoms with Crippen molar-refractivity contribution in [3.8, 4) is 16.3 Å². The van der Waals surface area contributed by atoms with Crippen molar-refractivity contribution in [3.05, 3.63) is 70.9 Å². The van der Waals surface area contributed by atoms with E-state index in [2.05, 4.69) is 15.2 Å². The maximum absolute atomic E-state index is 13.0. The van der Waals surface area contributed by atoms with Crippen molar-refractivity contribution in [2.24, 2.45) is 10.2 Å². The standard InChI is InChI=1S/C20H14FN3O2S/c1-11-2-7-15-14(10-11)18(20(26)22-15)23-24-19(25)17-9-8-16(27-17)12-3-5-13(21)6-4-12/h2-10,22,26H,1H3. The van der Waals surface area contributed by atoms with Gasteiger partial charge >= 0.3 is 5.91 Å². The molecule has 0 spiro atoms. The molecule has 5 nitrogen and oxygen atoms in total. The molecule has 27 heavy (non-hydrogen) atoms. The number of aryl methyl sites for hydroxylation is 1. The van der Waals surface area contributed by atoms with Gasteiger partial charge in [0.1, 0.15) is 5.82 Å². The van der Waals surface area contributed by atoms with Crippen molar-refractivity contribution in [3.63, 3.8) is 0 Å². The third kappa shape index (κ3) is 3.37. The lowest BCUT2D eigenvalue weighted by atomic mass is 10.2. The molecule has 0 fully saturated rings. The summed E-state index contributed by atoms with van der Waals surface area (Å²) in [5, 5.41) is 18.4. The summed E-state index contributed by atoms with van der Waals surface area (Å²) in [5.41, 5.74) is 2.78. The highest BCUT2D eigenvalue weighted by atomic mass is 32.1. The third-order valence-corrected chi connectivity index (χ3v) is 5.22. The van der Waals surface area contributed by atoms with E-state index < -0.39 is 5.91 Å². The van der Waals surface area contributed by atoms with Crippen LogP contribution >= 0.6 is 11.3 Å². The smallest absolute Gasteiger partial charge is 0.305 e. The maximum Gasteiger partial charge on any atom is 0.305 e. The fraction of sp³-hybridized carbons (Fsp3) is 0.0500. The highest BCUT2D eigenvalue weighted by molar-refractivity contribution is 7.17. The monoisotopic (exact) mass is 379 g/mol. The van der Waals surface area contributed by atoms with Crippen molar-refractivity contribution < 1.29 is 14.3 Å². The van der Waals surface area contributed by atoms with Crippen LogP contribution in [0.25, 0.3) is 21.3 Å². The number of carbonyl (C=O) groups excluding carboxylic acids is 1. The van der Waals surface area contributed by atoms with Gasteiger partial charge in [0.15, 0.2) is 5.69 Å². The predicted molar refractivity (Wildman–Crippen MR) is 103 cm³/mol. The third-order valence-electron chi connectivity index (χ3n) is 4.09. The molecule has 0 saturated carbocycles. The van der Waals surface area contributed by atoms with E-state index in [9.17, 15) is 14.3 Å². The minimum atomic E-state index is -0.505. The largest absolute Gasteiger partial charge is 0.493 e. The summed E-state index contributed by atoms with van der Waals surface area (Å²) in [6, 6.07) is 15.1. The number of nitrogens with one attached hydrogen (secondary N) is 1. The number of thiophene rings is 1. The Hall–Kier alpha value is -3.32. The molecule has 0 aliphatic carbocycles. The number of amides is 1. The van der Waals surface area contributed by atoms with Crippen LogP contribution in [-0.2, 0) is 0 Å². The number of hydrogen-bond donors (Lipinski definition) is 2. The van der Waals surface area contributed by atoms with Crippen LogP contribution in [0, 0.1) is 12.7 Å². The molecular formula is C20H14FN3O2S. The number of aromatic hydroxyl groups is 1. The molecule has 0 atom stereocenters. The van der Waals surface area contributed by atoms with Crippen LogP contribution in [0.1, 0.15) is 15.2 Å². The first-order valence-electron chi connectivity index (χ1n) is 8.14. The van der Waals surface area contributed by atoms with E-state index >= 15 is 0 Å². The van der Waals surface area contributed by atoms with E-state index in [-0.39, 0.29) is 17.4 Å². The second-order valence-corrected chi connectivity index (χ2v) is 7.13. The summed E-state index contributed by atoms with van der Waals surface area (Å²) in [6.45, 7) is 1.93. The molecule has 0 bridgehead atoms. The summed E-state index contributed by atoms with van der Waals surface area (Å²) in [5.74, 6) is -0.950. The quantitative estimate of drug-likeness (QED) is 0.430. The fourth-order valence-electron chi connectivity index (χ4n) is 2.75. The molecule has 134 valence electrons.